The van der Waals surface area contributed by atoms with Crippen molar-refractivity contribution in [1.82, 2.24) is 19.4 Å². The summed E-state index contributed by atoms with van der Waals surface area (Å²) in [6, 6.07) is 8.44. The normalized spacial score (nSPS) is 15.9. The van der Waals surface area contributed by atoms with E-state index < -0.39 is 0 Å². The molecule has 2 aliphatic heterocycles. The van der Waals surface area contributed by atoms with Crippen LogP contribution in [0.2, 0.25) is 0 Å². The van der Waals surface area contributed by atoms with Crippen molar-refractivity contribution in [2.24, 2.45) is 4.99 Å². The number of aromatic nitrogens is 3. The van der Waals surface area contributed by atoms with Crippen molar-refractivity contribution < 1.29 is 4.79 Å². The summed E-state index contributed by atoms with van der Waals surface area (Å²) in [5.41, 5.74) is 7.56. The maximum Gasteiger partial charge on any atom is 0.248 e. The lowest BCUT2D eigenvalue weighted by Gasteiger charge is -2.32. The molecule has 0 unspecified atom stereocenters. The van der Waals surface area contributed by atoms with Crippen LogP contribution in [0.25, 0.3) is 16.8 Å². The highest BCUT2D eigenvalue weighted by Gasteiger charge is 2.29. The molecule has 29 heavy (non-hydrogen) atoms. The van der Waals surface area contributed by atoms with Crippen molar-refractivity contribution in [2.75, 3.05) is 13.1 Å². The summed E-state index contributed by atoms with van der Waals surface area (Å²) in [5, 5.41) is 0. The quantitative estimate of drug-likeness (QED) is 0.648. The van der Waals surface area contributed by atoms with Crippen LogP contribution >= 0.6 is 0 Å². The number of hydrogen-bond acceptors (Lipinski definition) is 4. The Kier molecular flexibility index (Phi) is 4.12. The number of imidazole rings is 1. The molecule has 3 aromatic rings. The molecule has 5 rings (SSSR count). The molecule has 0 aliphatic carbocycles. The molecule has 2 aliphatic rings. The highest BCUT2D eigenvalue weighted by atomic mass is 16.2. The highest BCUT2D eigenvalue weighted by molar-refractivity contribution is 6.06. The molecule has 6 nitrogen and oxygen atoms in total. The molecule has 0 saturated heterocycles. The zero-order valence-electron chi connectivity index (χ0n) is 16.5. The number of allylic oxidation sites excluding steroid dienone is 1. The average Bonchev–Trinajstić information content (AvgIpc) is 3.08. The van der Waals surface area contributed by atoms with E-state index in [9.17, 15) is 4.79 Å². The van der Waals surface area contributed by atoms with E-state index in [1.54, 1.807) is 6.33 Å². The van der Waals surface area contributed by atoms with Crippen LogP contribution in [0, 0.1) is 13.8 Å². The summed E-state index contributed by atoms with van der Waals surface area (Å²) in [6.07, 6.45) is 10.2. The van der Waals surface area contributed by atoms with Gasteiger partial charge in [-0.2, -0.15) is 0 Å². The van der Waals surface area contributed by atoms with Crippen LogP contribution in [0.5, 0.6) is 0 Å². The fourth-order valence-corrected chi connectivity index (χ4v) is 4.08. The van der Waals surface area contributed by atoms with Crippen molar-refractivity contribution >= 4 is 17.4 Å². The number of amides is 1. The Morgan fingerprint density at radius 2 is 1.97 bits per heavy atom. The molecule has 144 valence electrons. The van der Waals surface area contributed by atoms with Gasteiger partial charge in [-0.3, -0.25) is 19.3 Å². The molecule has 0 N–H and O–H groups in total. The zero-order chi connectivity index (χ0) is 20.0. The van der Waals surface area contributed by atoms with Gasteiger partial charge in [0.25, 0.3) is 0 Å². The van der Waals surface area contributed by atoms with E-state index >= 15 is 0 Å². The Balaban J connectivity index is 1.66. The molecular formula is C23H21N5O. The van der Waals surface area contributed by atoms with E-state index in [2.05, 4.69) is 40.1 Å². The van der Waals surface area contributed by atoms with E-state index in [1.165, 1.54) is 11.1 Å². The number of carbonyl (C=O) groups is 1. The van der Waals surface area contributed by atoms with E-state index in [0.717, 1.165) is 40.3 Å². The van der Waals surface area contributed by atoms with Gasteiger partial charge in [-0.15, -0.1) is 0 Å². The lowest BCUT2D eigenvalue weighted by atomic mass is 9.89. The third-order valence-electron chi connectivity index (χ3n) is 5.43. The van der Waals surface area contributed by atoms with Gasteiger partial charge in [0, 0.05) is 42.3 Å². The Morgan fingerprint density at radius 1 is 1.10 bits per heavy atom. The van der Waals surface area contributed by atoms with Gasteiger partial charge in [-0.1, -0.05) is 18.2 Å². The van der Waals surface area contributed by atoms with E-state index in [0.29, 0.717) is 6.54 Å². The van der Waals surface area contributed by atoms with Gasteiger partial charge in [0.1, 0.15) is 18.7 Å². The SMILES string of the molecule is Cc1cncc(-c2cccc3c2CCN2C(=O)CN=C(n4cnc(C)c4)C=C32)c1. The molecule has 1 aromatic carbocycles. The third-order valence-corrected chi connectivity index (χ3v) is 5.43. The third kappa shape index (κ3) is 3.06. The lowest BCUT2D eigenvalue weighted by Crippen LogP contribution is -2.36. The average molecular weight is 383 g/mol. The first-order valence-corrected chi connectivity index (χ1v) is 9.72. The van der Waals surface area contributed by atoms with Crippen LogP contribution in [0.4, 0.5) is 0 Å². The number of fused-ring (bicyclic) bond motifs is 3. The minimum absolute atomic E-state index is 0.0244. The number of hydrogen-bond donors (Lipinski definition) is 0. The number of aliphatic imine (C=N–C) groups is 1. The van der Waals surface area contributed by atoms with E-state index in [-0.39, 0.29) is 12.5 Å². The Bertz CT molecular complexity index is 1190. The molecule has 6 heteroatoms. The van der Waals surface area contributed by atoms with Gasteiger partial charge in [-0.25, -0.2) is 4.98 Å². The lowest BCUT2D eigenvalue weighted by molar-refractivity contribution is -0.126. The van der Waals surface area contributed by atoms with Gasteiger partial charge in [0.15, 0.2) is 0 Å². The number of carbonyl (C=O) groups excluding carboxylic acids is 1. The largest absolute Gasteiger partial charge is 0.310 e. The molecule has 0 atom stereocenters. The fourth-order valence-electron chi connectivity index (χ4n) is 4.08. The summed E-state index contributed by atoms with van der Waals surface area (Å²) in [4.78, 5) is 27.8. The summed E-state index contributed by atoms with van der Waals surface area (Å²) in [6.45, 7) is 4.79. The van der Waals surface area contributed by atoms with Crippen LogP contribution < -0.4 is 0 Å². The molecule has 0 spiro atoms. The van der Waals surface area contributed by atoms with Gasteiger partial charge in [0.05, 0.1) is 11.4 Å². The second-order valence-corrected chi connectivity index (χ2v) is 7.50. The number of rotatable bonds is 1. The van der Waals surface area contributed by atoms with Gasteiger partial charge < -0.3 is 4.90 Å². The van der Waals surface area contributed by atoms with Crippen LogP contribution in [-0.2, 0) is 11.2 Å². The molecule has 2 aromatic heterocycles. The van der Waals surface area contributed by atoms with Crippen molar-refractivity contribution in [1.29, 1.82) is 0 Å². The number of nitrogens with zero attached hydrogens (tertiary/aromatic N) is 5. The predicted molar refractivity (Wildman–Crippen MR) is 112 cm³/mol. The van der Waals surface area contributed by atoms with Crippen LogP contribution in [-0.4, -0.2) is 44.3 Å². The summed E-state index contributed by atoms with van der Waals surface area (Å²) >= 11 is 0. The number of benzene rings is 1. The van der Waals surface area contributed by atoms with Crippen molar-refractivity contribution in [2.45, 2.75) is 20.3 Å². The van der Waals surface area contributed by atoms with Gasteiger partial charge in [-0.05, 0) is 43.0 Å². The highest BCUT2D eigenvalue weighted by Crippen LogP contribution is 2.36. The van der Waals surface area contributed by atoms with E-state index in [4.69, 9.17) is 0 Å². The summed E-state index contributed by atoms with van der Waals surface area (Å²) in [7, 11) is 0. The summed E-state index contributed by atoms with van der Waals surface area (Å²) < 4.78 is 1.88. The molecule has 0 saturated carbocycles. The Morgan fingerprint density at radius 3 is 2.76 bits per heavy atom. The Hall–Kier alpha value is -3.54. The monoisotopic (exact) mass is 383 g/mol. The van der Waals surface area contributed by atoms with E-state index in [1.807, 2.05) is 47.1 Å². The maximum absolute atomic E-state index is 12.8. The standard InChI is InChI=1S/C23H21N5O/c1-15-8-17(11-24-10-15)18-4-3-5-20-19(18)6-7-28-21(20)9-22(25-12-23(28)29)27-13-16(2)26-14-27/h3-5,8-11,13-14H,6-7,12H2,1-2H3. The first-order valence-electron chi connectivity index (χ1n) is 9.72. The first kappa shape index (κ1) is 17.6. The molecule has 1 amide bonds. The van der Waals surface area contributed by atoms with Gasteiger partial charge >= 0.3 is 0 Å². The second-order valence-electron chi connectivity index (χ2n) is 7.50. The van der Waals surface area contributed by atoms with Crippen molar-refractivity contribution in [3.63, 3.8) is 0 Å². The predicted octanol–water partition coefficient (Wildman–Crippen LogP) is 3.25. The first-order chi connectivity index (χ1) is 14.1. The fraction of sp³-hybridized carbons (Fsp3) is 0.217. The van der Waals surface area contributed by atoms with Crippen LogP contribution in [0.3, 0.4) is 0 Å². The molecule has 0 bridgehead atoms. The minimum Gasteiger partial charge on any atom is -0.310 e. The van der Waals surface area contributed by atoms with Crippen molar-refractivity contribution in [3.8, 4) is 11.1 Å². The minimum atomic E-state index is 0.0244. The van der Waals surface area contributed by atoms with Crippen molar-refractivity contribution in [3.05, 3.63) is 77.6 Å². The molecule has 4 heterocycles. The molecule has 0 radical (unpaired) electrons. The zero-order valence-corrected chi connectivity index (χ0v) is 16.5. The second kappa shape index (κ2) is 6.81. The Labute approximate surface area is 169 Å². The number of aryl methyl sites for hydroxylation is 2. The maximum atomic E-state index is 12.8. The summed E-state index contributed by atoms with van der Waals surface area (Å²) in [5.74, 6) is 0.753. The van der Waals surface area contributed by atoms with Crippen LogP contribution in [0.15, 0.2) is 60.3 Å². The molecular weight excluding hydrogens is 362 g/mol. The topological polar surface area (TPSA) is 63.4 Å². The molecule has 0 fully saturated rings. The van der Waals surface area contributed by atoms with Gasteiger partial charge in [0.2, 0.25) is 5.91 Å². The van der Waals surface area contributed by atoms with Crippen LogP contribution in [0.1, 0.15) is 22.4 Å². The number of pyridine rings is 1. The smallest absolute Gasteiger partial charge is 0.248 e.